The normalized spacial score (nSPS) is 19.7. The quantitative estimate of drug-likeness (QED) is 0.917. The topological polar surface area (TPSA) is 62.3 Å². The van der Waals surface area contributed by atoms with E-state index in [4.69, 9.17) is 0 Å². The molecule has 26 heavy (non-hydrogen) atoms. The molecule has 0 bridgehead atoms. The van der Waals surface area contributed by atoms with Crippen molar-refractivity contribution in [1.82, 2.24) is 10.3 Å². The third-order valence-electron chi connectivity index (χ3n) is 5.12. The molecule has 1 N–H and O–H groups in total. The molecule has 2 amide bonds. The molecule has 2 aliphatic rings. The van der Waals surface area contributed by atoms with E-state index in [0.29, 0.717) is 16.9 Å². The molecule has 1 saturated carbocycles. The van der Waals surface area contributed by atoms with Crippen molar-refractivity contribution in [3.63, 3.8) is 0 Å². The van der Waals surface area contributed by atoms with E-state index in [2.05, 4.69) is 10.3 Å². The highest BCUT2D eigenvalue weighted by Gasteiger charge is 2.40. The number of aromatic nitrogens is 1. The van der Waals surface area contributed by atoms with Crippen LogP contribution in [-0.2, 0) is 4.79 Å². The van der Waals surface area contributed by atoms with Crippen LogP contribution in [0.4, 0.5) is 10.1 Å². The third-order valence-corrected chi connectivity index (χ3v) is 5.12. The lowest BCUT2D eigenvalue weighted by Gasteiger charge is -2.25. The third kappa shape index (κ3) is 3.07. The molecule has 1 aliphatic carbocycles. The number of nitrogens with zero attached hydrogens (tertiary/aromatic N) is 2. The number of halogens is 1. The molecule has 1 atom stereocenters. The van der Waals surface area contributed by atoms with Crippen LogP contribution in [0.25, 0.3) is 0 Å². The number of nitrogens with one attached hydrogen (secondary N) is 1. The molecule has 1 aliphatic heterocycles. The van der Waals surface area contributed by atoms with Gasteiger partial charge in [-0.15, -0.1) is 0 Å². The van der Waals surface area contributed by atoms with Crippen LogP contribution < -0.4 is 10.2 Å². The number of carbonyl (C=O) groups excluding carboxylic acids is 2. The number of pyridine rings is 1. The minimum Gasteiger partial charge on any atom is -0.353 e. The summed E-state index contributed by atoms with van der Waals surface area (Å²) in [6.07, 6.45) is 6.06. The molecule has 6 heteroatoms. The zero-order valence-corrected chi connectivity index (χ0v) is 14.3. The van der Waals surface area contributed by atoms with Gasteiger partial charge < -0.3 is 5.32 Å². The molecule has 0 radical (unpaired) electrons. The van der Waals surface area contributed by atoms with E-state index < -0.39 is 6.04 Å². The van der Waals surface area contributed by atoms with Crippen LogP contribution in [0, 0.1) is 5.82 Å². The molecule has 134 valence electrons. The van der Waals surface area contributed by atoms with Crippen molar-refractivity contribution in [3.8, 4) is 0 Å². The first-order valence-corrected chi connectivity index (χ1v) is 8.97. The van der Waals surface area contributed by atoms with Crippen LogP contribution in [0.5, 0.6) is 0 Å². The molecule has 2 heterocycles. The predicted molar refractivity (Wildman–Crippen MR) is 95.2 cm³/mol. The monoisotopic (exact) mass is 353 g/mol. The molecule has 1 aromatic heterocycles. The van der Waals surface area contributed by atoms with E-state index in [9.17, 15) is 14.0 Å². The van der Waals surface area contributed by atoms with Crippen molar-refractivity contribution in [2.24, 2.45) is 0 Å². The first-order valence-electron chi connectivity index (χ1n) is 8.97. The Labute approximate surface area is 151 Å². The van der Waals surface area contributed by atoms with Gasteiger partial charge in [0.05, 0.1) is 23.7 Å². The molecular formula is C20H20FN3O2. The van der Waals surface area contributed by atoms with Gasteiger partial charge in [-0.1, -0.05) is 12.8 Å². The molecule has 1 aromatic carbocycles. The SMILES string of the molecule is O=C(C[C@@H]1c2ncccc2C(=O)N1c1ccc(F)cc1)NC1CCCC1. The summed E-state index contributed by atoms with van der Waals surface area (Å²) < 4.78 is 13.3. The fourth-order valence-corrected chi connectivity index (χ4v) is 3.88. The Bertz CT molecular complexity index is 831. The summed E-state index contributed by atoms with van der Waals surface area (Å²) in [5, 5.41) is 3.07. The number of fused-ring (bicyclic) bond motifs is 1. The number of carbonyl (C=O) groups is 2. The molecule has 5 nitrogen and oxygen atoms in total. The first-order chi connectivity index (χ1) is 12.6. The number of hydrogen-bond donors (Lipinski definition) is 1. The Balaban J connectivity index is 1.62. The van der Waals surface area contributed by atoms with Gasteiger partial charge in [0.25, 0.3) is 5.91 Å². The molecule has 2 aromatic rings. The first kappa shape index (κ1) is 16.7. The van der Waals surface area contributed by atoms with Gasteiger partial charge in [0, 0.05) is 17.9 Å². The van der Waals surface area contributed by atoms with Gasteiger partial charge in [-0.2, -0.15) is 0 Å². The van der Waals surface area contributed by atoms with E-state index in [-0.39, 0.29) is 30.1 Å². The molecule has 4 rings (SSSR count). The Morgan fingerprint density at radius 3 is 2.65 bits per heavy atom. The minimum absolute atomic E-state index is 0.0830. The van der Waals surface area contributed by atoms with E-state index >= 15 is 0 Å². The Kier molecular flexibility index (Phi) is 4.41. The molecule has 0 spiro atoms. The summed E-state index contributed by atoms with van der Waals surface area (Å²) >= 11 is 0. The number of amides is 2. The maximum Gasteiger partial charge on any atom is 0.260 e. The van der Waals surface area contributed by atoms with Crippen molar-refractivity contribution >= 4 is 17.5 Å². The highest BCUT2D eigenvalue weighted by atomic mass is 19.1. The fourth-order valence-electron chi connectivity index (χ4n) is 3.88. The molecule has 0 unspecified atom stereocenters. The second-order valence-electron chi connectivity index (χ2n) is 6.86. The summed E-state index contributed by atoms with van der Waals surface area (Å²) in [6.45, 7) is 0. The number of benzene rings is 1. The summed E-state index contributed by atoms with van der Waals surface area (Å²) in [5.74, 6) is -0.662. The van der Waals surface area contributed by atoms with Crippen molar-refractivity contribution in [3.05, 3.63) is 59.7 Å². The van der Waals surface area contributed by atoms with Gasteiger partial charge in [-0.05, 0) is 49.2 Å². The maximum atomic E-state index is 13.3. The van der Waals surface area contributed by atoms with Gasteiger partial charge in [0.2, 0.25) is 5.91 Å². The lowest BCUT2D eigenvalue weighted by atomic mass is 10.1. The number of anilines is 1. The number of rotatable bonds is 4. The zero-order chi connectivity index (χ0) is 18.1. The van der Waals surface area contributed by atoms with Gasteiger partial charge >= 0.3 is 0 Å². The Morgan fingerprint density at radius 2 is 1.92 bits per heavy atom. The van der Waals surface area contributed by atoms with Crippen molar-refractivity contribution in [2.75, 3.05) is 4.90 Å². The predicted octanol–water partition coefficient (Wildman–Crippen LogP) is 3.37. The molecule has 1 fully saturated rings. The average molecular weight is 353 g/mol. The smallest absolute Gasteiger partial charge is 0.260 e. The largest absolute Gasteiger partial charge is 0.353 e. The van der Waals surface area contributed by atoms with E-state index in [1.807, 2.05) is 0 Å². The van der Waals surface area contributed by atoms with Gasteiger partial charge in [0.15, 0.2) is 0 Å². The highest BCUT2D eigenvalue weighted by Crippen LogP contribution is 2.38. The van der Waals surface area contributed by atoms with E-state index in [1.54, 1.807) is 35.4 Å². The second kappa shape index (κ2) is 6.86. The van der Waals surface area contributed by atoms with Gasteiger partial charge in [0.1, 0.15) is 5.82 Å². The van der Waals surface area contributed by atoms with Crippen LogP contribution in [-0.4, -0.2) is 22.8 Å². The Hall–Kier alpha value is -2.76. The molecular weight excluding hydrogens is 333 g/mol. The summed E-state index contributed by atoms with van der Waals surface area (Å²) in [4.78, 5) is 31.3. The van der Waals surface area contributed by atoms with Crippen LogP contribution in [0.1, 0.15) is 54.2 Å². The van der Waals surface area contributed by atoms with E-state index in [1.165, 1.54) is 12.1 Å². The second-order valence-corrected chi connectivity index (χ2v) is 6.86. The standard InChI is InChI=1S/C20H20FN3O2/c21-13-7-9-15(10-8-13)24-17(12-18(25)23-14-4-1-2-5-14)19-16(20(24)26)6-3-11-22-19/h3,6-11,14,17H,1-2,4-5,12H2,(H,23,25)/t17-/m1/s1. The highest BCUT2D eigenvalue weighted by molar-refractivity contribution is 6.11. The Morgan fingerprint density at radius 1 is 1.19 bits per heavy atom. The summed E-state index contributed by atoms with van der Waals surface area (Å²) in [5.41, 5.74) is 1.66. The average Bonchev–Trinajstić information content (AvgIpc) is 3.24. The fraction of sp³-hybridized carbons (Fsp3) is 0.350. The minimum atomic E-state index is -0.481. The van der Waals surface area contributed by atoms with Crippen molar-refractivity contribution in [1.29, 1.82) is 0 Å². The van der Waals surface area contributed by atoms with Crippen molar-refractivity contribution in [2.45, 2.75) is 44.2 Å². The lowest BCUT2D eigenvalue weighted by molar-refractivity contribution is -0.122. The zero-order valence-electron chi connectivity index (χ0n) is 14.3. The van der Waals surface area contributed by atoms with Crippen LogP contribution in [0.3, 0.4) is 0 Å². The van der Waals surface area contributed by atoms with Crippen LogP contribution in [0.15, 0.2) is 42.6 Å². The summed E-state index contributed by atoms with van der Waals surface area (Å²) in [6, 6.07) is 8.91. The van der Waals surface area contributed by atoms with Gasteiger partial charge in [-0.25, -0.2) is 4.39 Å². The van der Waals surface area contributed by atoms with E-state index in [0.717, 1.165) is 25.7 Å². The van der Waals surface area contributed by atoms with Crippen LogP contribution >= 0.6 is 0 Å². The summed E-state index contributed by atoms with van der Waals surface area (Å²) in [7, 11) is 0. The maximum absolute atomic E-state index is 13.3. The van der Waals surface area contributed by atoms with Crippen LogP contribution in [0.2, 0.25) is 0 Å². The van der Waals surface area contributed by atoms with Crippen molar-refractivity contribution < 1.29 is 14.0 Å². The van der Waals surface area contributed by atoms with Gasteiger partial charge in [-0.3, -0.25) is 19.5 Å². The molecule has 0 saturated heterocycles. The lowest BCUT2D eigenvalue weighted by Crippen LogP contribution is -2.36. The number of hydrogen-bond acceptors (Lipinski definition) is 3.